The third-order valence-electron chi connectivity index (χ3n) is 1.65. The maximum atomic E-state index is 3.68. The second kappa shape index (κ2) is 5.00. The number of hydrogen-bond acceptors (Lipinski definition) is 0. The van der Waals surface area contributed by atoms with Gasteiger partial charge in [0, 0.05) is 0 Å². The van der Waals surface area contributed by atoms with Crippen LogP contribution in [0.3, 0.4) is 0 Å². The molecule has 0 fully saturated rings. The van der Waals surface area contributed by atoms with Crippen molar-refractivity contribution in [2.24, 2.45) is 0 Å². The van der Waals surface area contributed by atoms with Gasteiger partial charge >= 0.3 is 79.9 Å². The third kappa shape index (κ3) is 2.71. The zero-order valence-electron chi connectivity index (χ0n) is 7.21. The van der Waals surface area contributed by atoms with E-state index in [2.05, 4.69) is 42.4 Å². The Hall–Kier alpha value is -0.741. The Morgan fingerprint density at radius 3 is 2.58 bits per heavy atom. The fraction of sp³-hybridized carbons (Fsp3) is 0.182. The van der Waals surface area contributed by atoms with Crippen LogP contribution in [0.4, 0.5) is 0 Å². The average Bonchev–Trinajstić information content (AvgIpc) is 2.16. The summed E-state index contributed by atoms with van der Waals surface area (Å²) in [5, 5.41) is 0. The summed E-state index contributed by atoms with van der Waals surface area (Å²) in [5.74, 6) is 2.20. The van der Waals surface area contributed by atoms with Gasteiger partial charge in [0.05, 0.1) is 0 Å². The molecule has 1 rings (SSSR count). The first-order valence-corrected chi connectivity index (χ1v) is 6.40. The molecule has 0 aliphatic rings. The van der Waals surface area contributed by atoms with E-state index in [-0.39, 0.29) is 0 Å². The topological polar surface area (TPSA) is 0 Å². The van der Waals surface area contributed by atoms with Crippen LogP contribution in [0.2, 0.25) is 5.82 Å². The van der Waals surface area contributed by atoms with E-state index < -0.39 is 0 Å². The maximum absolute atomic E-state index is 3.68. The molecule has 0 heterocycles. The van der Waals surface area contributed by atoms with Gasteiger partial charge < -0.3 is 0 Å². The minimum absolute atomic E-state index is 0.539. The summed E-state index contributed by atoms with van der Waals surface area (Å²) in [5.41, 5.74) is 4.35. The third-order valence-corrected chi connectivity index (χ3v) is 3.29. The van der Waals surface area contributed by atoms with Crippen LogP contribution in [0.15, 0.2) is 47.1 Å². The van der Waals surface area contributed by atoms with Crippen molar-refractivity contribution in [3.63, 3.8) is 0 Å². The van der Waals surface area contributed by atoms with Crippen LogP contribution in [0.25, 0.3) is 0 Å². The van der Waals surface area contributed by atoms with Gasteiger partial charge in [-0.15, -0.1) is 0 Å². The molecule has 0 unspecified atom stereocenters. The molecule has 0 bridgehead atoms. The summed E-state index contributed by atoms with van der Waals surface area (Å²) in [6.07, 6.45) is 1.01. The Balaban J connectivity index is 2.70. The van der Waals surface area contributed by atoms with Crippen LogP contribution in [0, 0.1) is 0 Å². The van der Waals surface area contributed by atoms with Crippen molar-refractivity contribution in [2.75, 3.05) is 0 Å². The van der Waals surface area contributed by atoms with E-state index in [0.717, 1.165) is 6.42 Å². The van der Waals surface area contributed by atoms with E-state index in [1.165, 1.54) is 10.0 Å². The van der Waals surface area contributed by atoms with Crippen LogP contribution >= 0.6 is 0 Å². The summed E-state index contributed by atoms with van der Waals surface area (Å²) in [4.78, 5) is 0. The molecule has 0 saturated heterocycles. The van der Waals surface area contributed by atoms with Gasteiger partial charge in [0.25, 0.3) is 0 Å². The molecule has 0 aliphatic heterocycles. The molecule has 0 N–H and O–H groups in total. The molecule has 0 saturated carbocycles. The normalized spacial score (nSPS) is 9.08. The molecule has 0 aliphatic carbocycles. The standard InChI is InChI=1S/C11H12Se/c1-3-11(12-2)9-10-7-5-4-6-8-10/h4-8H,1,9H2,2H3. The van der Waals surface area contributed by atoms with Crippen molar-refractivity contribution in [2.45, 2.75) is 12.2 Å². The molecule has 12 heavy (non-hydrogen) atoms. The summed E-state index contributed by atoms with van der Waals surface area (Å²) >= 11 is 0.539. The molecule has 0 spiro atoms. The molecule has 1 aromatic carbocycles. The zero-order valence-corrected chi connectivity index (χ0v) is 8.92. The van der Waals surface area contributed by atoms with Crippen LogP contribution in [0.1, 0.15) is 5.56 Å². The van der Waals surface area contributed by atoms with E-state index in [9.17, 15) is 0 Å². The molecule has 1 heteroatoms. The van der Waals surface area contributed by atoms with Crippen molar-refractivity contribution >= 4 is 15.0 Å². The number of hydrogen-bond donors (Lipinski definition) is 0. The van der Waals surface area contributed by atoms with Crippen molar-refractivity contribution in [3.8, 4) is 0 Å². The van der Waals surface area contributed by atoms with Crippen LogP contribution in [0.5, 0.6) is 0 Å². The second-order valence-electron chi connectivity index (χ2n) is 2.47. The summed E-state index contributed by atoms with van der Waals surface area (Å²) in [7, 11) is 0. The van der Waals surface area contributed by atoms with Crippen LogP contribution in [-0.4, -0.2) is 15.0 Å². The van der Waals surface area contributed by atoms with Gasteiger partial charge in [0.1, 0.15) is 0 Å². The Labute approximate surface area is 80.2 Å². The van der Waals surface area contributed by atoms with Gasteiger partial charge in [-0.2, -0.15) is 0 Å². The first-order chi connectivity index (χ1) is 5.86. The van der Waals surface area contributed by atoms with Gasteiger partial charge in [-0.05, 0) is 0 Å². The van der Waals surface area contributed by atoms with Gasteiger partial charge in [0.15, 0.2) is 0 Å². The predicted octanol–water partition coefficient (Wildman–Crippen LogP) is 2.65. The Bertz CT molecular complexity index is 281. The molecule has 0 amide bonds. The molecule has 1 aromatic rings. The van der Waals surface area contributed by atoms with Gasteiger partial charge in [0.2, 0.25) is 0 Å². The van der Waals surface area contributed by atoms with E-state index in [0.29, 0.717) is 15.0 Å². The van der Waals surface area contributed by atoms with Crippen molar-refractivity contribution in [1.82, 2.24) is 0 Å². The van der Waals surface area contributed by atoms with Gasteiger partial charge in [-0.1, -0.05) is 0 Å². The second-order valence-corrected chi connectivity index (χ2v) is 4.36. The Kier molecular flexibility index (Phi) is 3.90. The quantitative estimate of drug-likeness (QED) is 0.546. The number of allylic oxidation sites excluding steroid dienone is 1. The number of rotatable bonds is 3. The van der Waals surface area contributed by atoms with E-state index >= 15 is 0 Å². The van der Waals surface area contributed by atoms with Crippen molar-refractivity contribution in [1.29, 1.82) is 0 Å². The van der Waals surface area contributed by atoms with Crippen molar-refractivity contribution < 1.29 is 0 Å². The fourth-order valence-electron chi connectivity index (χ4n) is 0.988. The summed E-state index contributed by atoms with van der Waals surface area (Å²) < 4.78 is 1.34. The summed E-state index contributed by atoms with van der Waals surface area (Å²) in [6.45, 7) is 3.68. The molecule has 0 aromatic heterocycles. The SMILES string of the molecule is C=C=C(Cc1ccccc1)[Se]C. The monoisotopic (exact) mass is 224 g/mol. The van der Waals surface area contributed by atoms with Gasteiger partial charge in [-0.3, -0.25) is 0 Å². The van der Waals surface area contributed by atoms with E-state index in [1.807, 2.05) is 6.07 Å². The van der Waals surface area contributed by atoms with Crippen LogP contribution in [-0.2, 0) is 6.42 Å². The minimum atomic E-state index is 0.539. The molecule has 62 valence electrons. The van der Waals surface area contributed by atoms with Crippen molar-refractivity contribution in [3.05, 3.63) is 52.7 Å². The Morgan fingerprint density at radius 2 is 2.08 bits per heavy atom. The molecule has 0 atom stereocenters. The molecular formula is C11H12Se. The predicted molar refractivity (Wildman–Crippen MR) is 54.4 cm³/mol. The fourth-order valence-corrected chi connectivity index (χ4v) is 1.94. The molecule has 0 radical (unpaired) electrons. The number of benzene rings is 1. The molecular weight excluding hydrogens is 211 g/mol. The zero-order chi connectivity index (χ0) is 8.81. The van der Waals surface area contributed by atoms with Crippen LogP contribution < -0.4 is 0 Å². The van der Waals surface area contributed by atoms with E-state index in [1.54, 1.807) is 0 Å². The molecule has 0 nitrogen and oxygen atoms in total. The Morgan fingerprint density at radius 1 is 1.42 bits per heavy atom. The first-order valence-electron chi connectivity index (χ1n) is 3.83. The average molecular weight is 223 g/mol. The van der Waals surface area contributed by atoms with Gasteiger partial charge in [-0.25, -0.2) is 0 Å². The first kappa shape index (κ1) is 9.35. The van der Waals surface area contributed by atoms with E-state index in [4.69, 9.17) is 0 Å². The summed E-state index contributed by atoms with van der Waals surface area (Å²) in [6, 6.07) is 10.5.